The summed E-state index contributed by atoms with van der Waals surface area (Å²) in [4.78, 5) is 12.2. The second kappa shape index (κ2) is 8.16. The molecule has 0 aliphatic rings. The fourth-order valence-electron chi connectivity index (χ4n) is 2.48. The second-order valence-electron chi connectivity index (χ2n) is 6.06. The Balaban J connectivity index is 1.86. The molecule has 25 heavy (non-hydrogen) atoms. The highest BCUT2D eigenvalue weighted by Crippen LogP contribution is 2.29. The van der Waals surface area contributed by atoms with Gasteiger partial charge in [-0.1, -0.05) is 49.4 Å². The first-order chi connectivity index (χ1) is 11.8. The minimum absolute atomic E-state index is 0.175. The molecule has 2 unspecified atom stereocenters. The van der Waals surface area contributed by atoms with Gasteiger partial charge in [-0.25, -0.2) is 0 Å². The van der Waals surface area contributed by atoms with Crippen LogP contribution in [0.3, 0.4) is 0 Å². The summed E-state index contributed by atoms with van der Waals surface area (Å²) >= 11 is 0. The van der Waals surface area contributed by atoms with Crippen LogP contribution in [0.2, 0.25) is 0 Å². The van der Waals surface area contributed by atoms with Crippen molar-refractivity contribution >= 4 is 5.91 Å². The number of hydrogen-bond donors (Lipinski definition) is 2. The van der Waals surface area contributed by atoms with Crippen LogP contribution in [0.5, 0.6) is 0 Å². The Kier molecular flexibility index (Phi) is 6.20. The topological polar surface area (TPSA) is 55.1 Å². The van der Waals surface area contributed by atoms with E-state index in [2.05, 4.69) is 5.32 Å². The molecule has 0 radical (unpaired) electrons. The Hall–Kier alpha value is -2.34. The molecule has 0 saturated heterocycles. The third-order valence-corrected chi connectivity index (χ3v) is 3.99. The van der Waals surface area contributed by atoms with Crippen LogP contribution in [0.4, 0.5) is 13.2 Å². The summed E-state index contributed by atoms with van der Waals surface area (Å²) in [7, 11) is 0. The zero-order chi connectivity index (χ0) is 18.4. The van der Waals surface area contributed by atoms with E-state index in [4.69, 9.17) is 5.73 Å². The molecule has 0 heterocycles. The Morgan fingerprint density at radius 3 is 2.24 bits per heavy atom. The molecule has 0 aliphatic carbocycles. The average molecular weight is 350 g/mol. The Bertz CT molecular complexity index is 684. The molecule has 1 amide bonds. The first-order valence-corrected chi connectivity index (χ1v) is 8.01. The van der Waals surface area contributed by atoms with Gasteiger partial charge in [0.25, 0.3) is 0 Å². The van der Waals surface area contributed by atoms with Crippen LogP contribution >= 0.6 is 0 Å². The van der Waals surface area contributed by atoms with E-state index < -0.39 is 11.7 Å². The first-order valence-electron chi connectivity index (χ1n) is 8.01. The molecule has 0 bridgehead atoms. The lowest BCUT2D eigenvalue weighted by Crippen LogP contribution is -2.35. The van der Waals surface area contributed by atoms with Gasteiger partial charge >= 0.3 is 6.18 Å². The molecule has 3 N–H and O–H groups in total. The average Bonchev–Trinajstić information content (AvgIpc) is 2.59. The van der Waals surface area contributed by atoms with Crippen molar-refractivity contribution in [2.24, 2.45) is 11.7 Å². The number of nitrogens with two attached hydrogens (primary N) is 1. The van der Waals surface area contributed by atoms with E-state index >= 15 is 0 Å². The maximum absolute atomic E-state index is 12.6. The van der Waals surface area contributed by atoms with E-state index in [0.717, 1.165) is 17.7 Å². The van der Waals surface area contributed by atoms with Crippen LogP contribution in [-0.4, -0.2) is 12.5 Å². The van der Waals surface area contributed by atoms with Crippen LogP contribution in [-0.2, 0) is 17.4 Å². The molecule has 6 heteroatoms. The molecule has 0 fully saturated rings. The van der Waals surface area contributed by atoms with E-state index in [9.17, 15) is 18.0 Å². The second-order valence-corrected chi connectivity index (χ2v) is 6.06. The third kappa shape index (κ3) is 5.60. The number of rotatable bonds is 6. The van der Waals surface area contributed by atoms with Gasteiger partial charge in [0, 0.05) is 18.5 Å². The van der Waals surface area contributed by atoms with Gasteiger partial charge in [-0.05, 0) is 29.7 Å². The van der Waals surface area contributed by atoms with Crippen molar-refractivity contribution in [1.29, 1.82) is 0 Å². The molecule has 0 aromatic heterocycles. The summed E-state index contributed by atoms with van der Waals surface area (Å²) in [6.45, 7) is 2.04. The lowest BCUT2D eigenvalue weighted by molar-refractivity contribution is -0.137. The fourth-order valence-corrected chi connectivity index (χ4v) is 2.48. The minimum atomic E-state index is -4.35. The fraction of sp³-hybridized carbons (Fsp3) is 0.316. The third-order valence-electron chi connectivity index (χ3n) is 3.99. The highest BCUT2D eigenvalue weighted by Gasteiger charge is 2.30. The van der Waals surface area contributed by atoms with Crippen molar-refractivity contribution in [2.75, 3.05) is 6.54 Å². The van der Waals surface area contributed by atoms with Gasteiger partial charge in [0.15, 0.2) is 0 Å². The van der Waals surface area contributed by atoms with Gasteiger partial charge in [0.05, 0.1) is 5.56 Å². The lowest BCUT2D eigenvalue weighted by atomic mass is 9.99. The first kappa shape index (κ1) is 19.0. The quantitative estimate of drug-likeness (QED) is 0.835. The van der Waals surface area contributed by atoms with Crippen LogP contribution in [0.1, 0.15) is 29.7 Å². The number of amides is 1. The van der Waals surface area contributed by atoms with Crippen LogP contribution in [0, 0.1) is 5.92 Å². The largest absolute Gasteiger partial charge is 0.416 e. The van der Waals surface area contributed by atoms with E-state index in [1.54, 1.807) is 6.92 Å². The number of alkyl halides is 3. The van der Waals surface area contributed by atoms with Crippen LogP contribution in [0.25, 0.3) is 0 Å². The molecule has 2 rings (SSSR count). The summed E-state index contributed by atoms with van der Waals surface area (Å²) in [5, 5.41) is 2.79. The molecular weight excluding hydrogens is 329 g/mol. The van der Waals surface area contributed by atoms with Crippen LogP contribution in [0.15, 0.2) is 54.6 Å². The Morgan fingerprint density at radius 1 is 1.08 bits per heavy atom. The van der Waals surface area contributed by atoms with Gasteiger partial charge in [0.2, 0.25) is 5.91 Å². The van der Waals surface area contributed by atoms with Gasteiger partial charge in [-0.15, -0.1) is 0 Å². The molecular formula is C19H21F3N2O. The highest BCUT2D eigenvalue weighted by molar-refractivity contribution is 5.78. The number of nitrogens with one attached hydrogen (secondary N) is 1. The standard InChI is InChI=1S/C19H21F3N2O/c1-13(11-14-7-9-16(10-8-14)19(20,21)22)18(25)24-12-17(23)15-5-3-2-4-6-15/h2-10,13,17H,11-12,23H2,1H3,(H,24,25). The molecule has 2 aromatic carbocycles. The lowest BCUT2D eigenvalue weighted by Gasteiger charge is -2.16. The maximum atomic E-state index is 12.6. The zero-order valence-corrected chi connectivity index (χ0v) is 13.9. The van der Waals surface area contributed by atoms with Gasteiger partial charge in [-0.2, -0.15) is 13.2 Å². The van der Waals surface area contributed by atoms with Gasteiger partial charge < -0.3 is 11.1 Å². The van der Waals surface area contributed by atoms with E-state index in [1.165, 1.54) is 12.1 Å². The zero-order valence-electron chi connectivity index (χ0n) is 13.9. The van der Waals surface area contributed by atoms with Crippen molar-refractivity contribution in [1.82, 2.24) is 5.32 Å². The number of carbonyl (C=O) groups excluding carboxylic acids is 1. The van der Waals surface area contributed by atoms with E-state index in [-0.39, 0.29) is 17.9 Å². The SMILES string of the molecule is CC(Cc1ccc(C(F)(F)F)cc1)C(=O)NCC(N)c1ccccc1. The number of carbonyl (C=O) groups is 1. The Morgan fingerprint density at radius 2 is 1.68 bits per heavy atom. The normalized spacial score (nSPS) is 14.0. The molecule has 0 saturated carbocycles. The molecule has 2 atom stereocenters. The predicted molar refractivity (Wildman–Crippen MR) is 90.7 cm³/mol. The van der Waals surface area contributed by atoms with Crippen molar-refractivity contribution in [3.05, 3.63) is 71.3 Å². The number of hydrogen-bond acceptors (Lipinski definition) is 2. The summed E-state index contributed by atoms with van der Waals surface area (Å²) in [6, 6.07) is 14.0. The maximum Gasteiger partial charge on any atom is 0.416 e. The number of halogens is 3. The minimum Gasteiger partial charge on any atom is -0.354 e. The van der Waals surface area contributed by atoms with Crippen molar-refractivity contribution in [3.8, 4) is 0 Å². The summed E-state index contributed by atoms with van der Waals surface area (Å²) < 4.78 is 37.7. The van der Waals surface area contributed by atoms with Crippen molar-refractivity contribution in [2.45, 2.75) is 25.6 Å². The monoisotopic (exact) mass is 350 g/mol. The molecule has 134 valence electrons. The highest BCUT2D eigenvalue weighted by atomic mass is 19.4. The molecule has 2 aromatic rings. The summed E-state index contributed by atoms with van der Waals surface area (Å²) in [5.41, 5.74) is 6.95. The summed E-state index contributed by atoms with van der Waals surface area (Å²) in [5.74, 6) is -0.536. The smallest absolute Gasteiger partial charge is 0.354 e. The molecule has 3 nitrogen and oxygen atoms in total. The molecule has 0 spiro atoms. The van der Waals surface area contributed by atoms with Crippen LogP contribution < -0.4 is 11.1 Å². The van der Waals surface area contributed by atoms with Crippen molar-refractivity contribution in [3.63, 3.8) is 0 Å². The van der Waals surface area contributed by atoms with E-state index in [1.807, 2.05) is 30.3 Å². The molecule has 0 aliphatic heterocycles. The van der Waals surface area contributed by atoms with E-state index in [0.29, 0.717) is 18.5 Å². The number of benzene rings is 2. The Labute approximate surface area is 145 Å². The van der Waals surface area contributed by atoms with Gasteiger partial charge in [0.1, 0.15) is 0 Å². The summed E-state index contributed by atoms with van der Waals surface area (Å²) in [6.07, 6.45) is -3.99. The predicted octanol–water partition coefficient (Wildman–Crippen LogP) is 3.70. The van der Waals surface area contributed by atoms with Crippen molar-refractivity contribution < 1.29 is 18.0 Å². The van der Waals surface area contributed by atoms with Gasteiger partial charge in [-0.3, -0.25) is 4.79 Å².